The molecule has 1 amide bonds. The predicted octanol–water partition coefficient (Wildman–Crippen LogP) is 2.50. The van der Waals surface area contributed by atoms with Gasteiger partial charge >= 0.3 is 0 Å². The Labute approximate surface area is 160 Å². The van der Waals surface area contributed by atoms with Gasteiger partial charge in [0.15, 0.2) is 0 Å². The molecule has 5 heteroatoms. The van der Waals surface area contributed by atoms with Gasteiger partial charge in [-0.25, -0.2) is 0 Å². The van der Waals surface area contributed by atoms with E-state index in [0.717, 1.165) is 24.2 Å². The largest absolute Gasteiger partial charge is 0.380 e. The number of benzene rings is 1. The number of fused-ring (bicyclic) bond motifs is 1. The van der Waals surface area contributed by atoms with Crippen LogP contribution in [-0.4, -0.2) is 48.9 Å². The average molecular weight is 366 g/mol. The van der Waals surface area contributed by atoms with Crippen molar-refractivity contribution in [3.8, 4) is 0 Å². The summed E-state index contributed by atoms with van der Waals surface area (Å²) in [4.78, 5) is 30.6. The Kier molecular flexibility index (Phi) is 3.57. The number of Topliss-reactive ketones (excluding diaryl/α,β-unsaturated/α-hetero) is 1. The maximum atomic E-state index is 13.7. The lowest BCUT2D eigenvalue weighted by atomic mass is 9.56. The Morgan fingerprint density at radius 2 is 2.07 bits per heavy atom. The van der Waals surface area contributed by atoms with Crippen molar-refractivity contribution in [2.45, 2.75) is 44.2 Å². The summed E-state index contributed by atoms with van der Waals surface area (Å²) >= 11 is 0. The lowest BCUT2D eigenvalue weighted by Crippen LogP contribution is -2.63. The standard InChI is InChI=1S/C22H26N2O3/c1-13-16-11-23(3)9-8-22-18-6-4-5-7-19(18)24(14(2)25)21(22)17(12-27-13)15(16)10-20(22)26/h4-7,11,13,15,17,21H,8-10,12H2,1-3H3/t13-,15+,17-,21+,22-/m1/s1. The normalized spacial score (nSPS) is 37.1. The number of hydrogen-bond acceptors (Lipinski definition) is 4. The number of ether oxygens (including phenoxy) is 1. The smallest absolute Gasteiger partial charge is 0.224 e. The molecule has 3 heterocycles. The molecule has 4 bridgehead atoms. The number of hydrogen-bond donors (Lipinski definition) is 0. The Balaban J connectivity index is 1.78. The number of rotatable bonds is 0. The van der Waals surface area contributed by atoms with E-state index in [2.05, 4.69) is 31.1 Å². The summed E-state index contributed by atoms with van der Waals surface area (Å²) in [5, 5.41) is 0. The Morgan fingerprint density at radius 3 is 2.85 bits per heavy atom. The lowest BCUT2D eigenvalue weighted by molar-refractivity contribution is -0.134. The van der Waals surface area contributed by atoms with Crippen LogP contribution in [0.25, 0.3) is 0 Å². The van der Waals surface area contributed by atoms with E-state index in [0.29, 0.717) is 18.8 Å². The molecule has 1 saturated carbocycles. The third-order valence-corrected chi connectivity index (χ3v) is 7.26. The Bertz CT molecular complexity index is 863. The van der Waals surface area contributed by atoms with E-state index in [4.69, 9.17) is 4.74 Å². The highest BCUT2D eigenvalue weighted by Gasteiger charge is 2.64. The molecular formula is C22H26N2O3. The molecule has 27 heavy (non-hydrogen) atoms. The highest BCUT2D eigenvalue weighted by Crippen LogP contribution is 2.58. The molecule has 0 aromatic heterocycles. The van der Waals surface area contributed by atoms with Crippen LogP contribution >= 0.6 is 0 Å². The fraction of sp³-hybridized carbons (Fsp3) is 0.545. The summed E-state index contributed by atoms with van der Waals surface area (Å²) in [6.07, 6.45) is 3.49. The third kappa shape index (κ3) is 2.09. The van der Waals surface area contributed by atoms with Crippen LogP contribution in [-0.2, 0) is 19.7 Å². The van der Waals surface area contributed by atoms with E-state index in [1.807, 2.05) is 23.1 Å². The third-order valence-electron chi connectivity index (χ3n) is 7.26. The van der Waals surface area contributed by atoms with E-state index < -0.39 is 5.41 Å². The minimum atomic E-state index is -0.620. The molecule has 1 aliphatic carbocycles. The first kappa shape index (κ1) is 17.0. The zero-order chi connectivity index (χ0) is 18.9. The molecule has 0 spiro atoms. The fourth-order valence-electron chi connectivity index (χ4n) is 6.10. The monoisotopic (exact) mass is 366 g/mol. The first-order chi connectivity index (χ1) is 12.9. The van der Waals surface area contributed by atoms with Gasteiger partial charge in [-0.15, -0.1) is 0 Å². The summed E-state index contributed by atoms with van der Waals surface area (Å²) in [7, 11) is 2.08. The molecule has 5 nitrogen and oxygen atoms in total. The zero-order valence-corrected chi connectivity index (χ0v) is 16.1. The van der Waals surface area contributed by atoms with Crippen LogP contribution < -0.4 is 4.90 Å². The number of amides is 1. The summed E-state index contributed by atoms with van der Waals surface area (Å²) in [6, 6.07) is 7.86. The molecule has 4 aliphatic rings. The van der Waals surface area contributed by atoms with Gasteiger partial charge in [0.25, 0.3) is 0 Å². The molecule has 1 aromatic carbocycles. The second-order valence-electron chi connectivity index (χ2n) is 8.56. The van der Waals surface area contributed by atoms with E-state index in [1.165, 1.54) is 5.57 Å². The maximum absolute atomic E-state index is 13.7. The van der Waals surface area contributed by atoms with Crippen molar-refractivity contribution in [1.29, 1.82) is 0 Å². The van der Waals surface area contributed by atoms with E-state index >= 15 is 0 Å². The molecule has 1 aromatic rings. The Hall–Kier alpha value is -2.14. The van der Waals surface area contributed by atoms with Gasteiger partial charge in [0.05, 0.1) is 24.2 Å². The van der Waals surface area contributed by atoms with Crippen molar-refractivity contribution in [3.63, 3.8) is 0 Å². The average Bonchev–Trinajstić information content (AvgIpc) is 2.97. The molecule has 142 valence electrons. The molecule has 0 N–H and O–H groups in total. The summed E-state index contributed by atoms with van der Waals surface area (Å²) in [5.41, 5.74) is 2.53. The van der Waals surface area contributed by atoms with Gasteiger partial charge < -0.3 is 14.5 Å². The zero-order valence-electron chi connectivity index (χ0n) is 16.1. The predicted molar refractivity (Wildman–Crippen MR) is 102 cm³/mol. The molecular weight excluding hydrogens is 340 g/mol. The van der Waals surface area contributed by atoms with Crippen LogP contribution in [0, 0.1) is 11.8 Å². The molecule has 0 radical (unpaired) electrons. The number of nitrogens with zero attached hydrogens (tertiary/aromatic N) is 2. The summed E-state index contributed by atoms with van der Waals surface area (Å²) in [5.74, 6) is 0.601. The number of carbonyl (C=O) groups is 2. The van der Waals surface area contributed by atoms with Crippen molar-refractivity contribution in [2.75, 3.05) is 25.1 Å². The molecule has 2 fully saturated rings. The van der Waals surface area contributed by atoms with Crippen molar-refractivity contribution >= 4 is 17.4 Å². The van der Waals surface area contributed by atoms with Crippen molar-refractivity contribution in [3.05, 3.63) is 41.6 Å². The van der Waals surface area contributed by atoms with E-state index in [1.54, 1.807) is 6.92 Å². The number of anilines is 1. The van der Waals surface area contributed by atoms with Gasteiger partial charge in [-0.1, -0.05) is 18.2 Å². The first-order valence-electron chi connectivity index (χ1n) is 9.91. The van der Waals surface area contributed by atoms with Crippen LogP contribution in [0.1, 0.15) is 32.3 Å². The van der Waals surface area contributed by atoms with Crippen LogP contribution in [0.4, 0.5) is 5.69 Å². The van der Waals surface area contributed by atoms with Gasteiger partial charge in [0, 0.05) is 44.7 Å². The van der Waals surface area contributed by atoms with Crippen LogP contribution in [0.2, 0.25) is 0 Å². The van der Waals surface area contributed by atoms with Gasteiger partial charge in [0.2, 0.25) is 5.91 Å². The fourth-order valence-corrected chi connectivity index (χ4v) is 6.10. The number of ketones is 1. The number of para-hydroxylation sites is 1. The van der Waals surface area contributed by atoms with Crippen molar-refractivity contribution in [1.82, 2.24) is 4.90 Å². The van der Waals surface area contributed by atoms with Crippen LogP contribution in [0.3, 0.4) is 0 Å². The first-order valence-corrected chi connectivity index (χ1v) is 9.91. The molecule has 5 rings (SSSR count). The highest BCUT2D eigenvalue weighted by atomic mass is 16.5. The minimum Gasteiger partial charge on any atom is -0.380 e. The lowest BCUT2D eigenvalue weighted by Gasteiger charge is -2.51. The second kappa shape index (κ2) is 5.68. The van der Waals surface area contributed by atoms with Gasteiger partial charge in [-0.2, -0.15) is 0 Å². The van der Waals surface area contributed by atoms with Crippen molar-refractivity contribution in [2.24, 2.45) is 11.8 Å². The van der Waals surface area contributed by atoms with Gasteiger partial charge in [-0.3, -0.25) is 9.59 Å². The van der Waals surface area contributed by atoms with E-state index in [9.17, 15) is 9.59 Å². The molecule has 5 atom stereocenters. The minimum absolute atomic E-state index is 0.0135. The molecule has 3 aliphatic heterocycles. The maximum Gasteiger partial charge on any atom is 0.224 e. The second-order valence-corrected chi connectivity index (χ2v) is 8.56. The summed E-state index contributed by atoms with van der Waals surface area (Å²) < 4.78 is 6.16. The SMILES string of the molecule is CC(=O)N1c2ccccc2[C@@]23CCN(C)C=C4[C@@H](C)OC[C@@H]([C@H]12)[C@H]4CC3=O. The Morgan fingerprint density at radius 1 is 1.30 bits per heavy atom. The van der Waals surface area contributed by atoms with Crippen LogP contribution in [0.15, 0.2) is 36.0 Å². The van der Waals surface area contributed by atoms with Gasteiger partial charge in [-0.05, 0) is 36.5 Å². The van der Waals surface area contributed by atoms with Crippen molar-refractivity contribution < 1.29 is 14.3 Å². The summed E-state index contributed by atoms with van der Waals surface area (Å²) in [6.45, 7) is 5.09. The van der Waals surface area contributed by atoms with E-state index in [-0.39, 0.29) is 29.9 Å². The quantitative estimate of drug-likeness (QED) is 0.708. The van der Waals surface area contributed by atoms with Gasteiger partial charge in [0.1, 0.15) is 5.78 Å². The number of carbonyl (C=O) groups excluding carboxylic acids is 2. The molecule has 0 unspecified atom stereocenters. The highest BCUT2D eigenvalue weighted by molar-refractivity contribution is 6.04. The van der Waals surface area contributed by atoms with Crippen LogP contribution in [0.5, 0.6) is 0 Å². The topological polar surface area (TPSA) is 49.9 Å². The molecule has 1 saturated heterocycles.